The lowest BCUT2D eigenvalue weighted by molar-refractivity contribution is -0.0978. The molecule has 1 aromatic carbocycles. The smallest absolute Gasteiger partial charge is 0.123 e. The van der Waals surface area contributed by atoms with Crippen LogP contribution in [0.4, 0.5) is 4.39 Å². The van der Waals surface area contributed by atoms with Gasteiger partial charge < -0.3 is 10.1 Å². The summed E-state index contributed by atoms with van der Waals surface area (Å²) in [7, 11) is 1.81. The summed E-state index contributed by atoms with van der Waals surface area (Å²) in [5.41, 5.74) is 2.20. The van der Waals surface area contributed by atoms with Gasteiger partial charge in [-0.1, -0.05) is 13.0 Å². The Morgan fingerprint density at radius 1 is 1.42 bits per heavy atom. The summed E-state index contributed by atoms with van der Waals surface area (Å²) < 4.78 is 19.0. The molecule has 0 saturated heterocycles. The maximum atomic E-state index is 13.2. The molecule has 1 unspecified atom stereocenters. The molecule has 0 amide bonds. The number of nitrogens with one attached hydrogen (secondary N) is 1. The van der Waals surface area contributed by atoms with Crippen molar-refractivity contribution < 1.29 is 9.13 Å². The number of halogens is 1. The van der Waals surface area contributed by atoms with Crippen LogP contribution in [0.2, 0.25) is 0 Å². The second kappa shape index (κ2) is 6.02. The first-order valence-corrected chi connectivity index (χ1v) is 7.15. The van der Waals surface area contributed by atoms with E-state index >= 15 is 0 Å². The molecule has 19 heavy (non-hydrogen) atoms. The number of hydrogen-bond donors (Lipinski definition) is 1. The van der Waals surface area contributed by atoms with E-state index in [9.17, 15) is 4.39 Å². The molecule has 1 N–H and O–H groups in total. The molecule has 1 aliphatic carbocycles. The highest BCUT2D eigenvalue weighted by Gasteiger charge is 2.44. The minimum absolute atomic E-state index is 0.0309. The maximum absolute atomic E-state index is 13.2. The van der Waals surface area contributed by atoms with Crippen LogP contribution in [0.25, 0.3) is 0 Å². The molecule has 0 spiro atoms. The van der Waals surface area contributed by atoms with Gasteiger partial charge in [0.25, 0.3) is 0 Å². The van der Waals surface area contributed by atoms with Gasteiger partial charge in [-0.2, -0.15) is 0 Å². The van der Waals surface area contributed by atoms with Crippen LogP contribution in [0.15, 0.2) is 18.2 Å². The number of aryl methyl sites for hydroxylation is 1. The average Bonchev–Trinajstić information content (AvgIpc) is 2.32. The van der Waals surface area contributed by atoms with Crippen LogP contribution in [0.3, 0.4) is 0 Å². The summed E-state index contributed by atoms with van der Waals surface area (Å²) in [6.45, 7) is 5.02. The Morgan fingerprint density at radius 3 is 2.63 bits per heavy atom. The molecule has 1 fully saturated rings. The molecular weight excluding hydrogens is 241 g/mol. The molecule has 0 aliphatic heterocycles. The van der Waals surface area contributed by atoms with E-state index in [2.05, 4.69) is 12.2 Å². The first-order valence-electron chi connectivity index (χ1n) is 7.15. The Labute approximate surface area is 115 Å². The number of methoxy groups -OCH3 is 1. The molecular formula is C16H24FNO. The molecule has 1 aromatic rings. The van der Waals surface area contributed by atoms with Crippen molar-refractivity contribution in [3.8, 4) is 0 Å². The Morgan fingerprint density at radius 2 is 2.16 bits per heavy atom. The fourth-order valence-corrected chi connectivity index (χ4v) is 3.02. The second-order valence-corrected chi connectivity index (χ2v) is 5.51. The summed E-state index contributed by atoms with van der Waals surface area (Å²) in [6.07, 6.45) is 4.36. The van der Waals surface area contributed by atoms with Crippen molar-refractivity contribution in [2.75, 3.05) is 13.7 Å². The van der Waals surface area contributed by atoms with E-state index in [1.807, 2.05) is 13.0 Å². The quantitative estimate of drug-likeness (QED) is 0.852. The van der Waals surface area contributed by atoms with Crippen LogP contribution in [0.1, 0.15) is 37.3 Å². The standard InChI is InChI=1S/C16H24FNO/c1-4-18-15(16(19-3)8-5-9-16)11-13-6-7-14(17)10-12(13)2/h6-7,10,15,18H,4-5,8-9,11H2,1-3H3. The molecule has 0 bridgehead atoms. The predicted octanol–water partition coefficient (Wildman–Crippen LogP) is 3.22. The van der Waals surface area contributed by atoms with Gasteiger partial charge in [0.2, 0.25) is 0 Å². The SMILES string of the molecule is CCNC(Cc1ccc(F)cc1C)C1(OC)CCC1. The summed E-state index contributed by atoms with van der Waals surface area (Å²) in [4.78, 5) is 0. The fourth-order valence-electron chi connectivity index (χ4n) is 3.02. The predicted molar refractivity (Wildman–Crippen MR) is 75.9 cm³/mol. The van der Waals surface area contributed by atoms with Crippen molar-refractivity contribution in [2.45, 2.75) is 51.2 Å². The highest BCUT2D eigenvalue weighted by atomic mass is 19.1. The Balaban J connectivity index is 2.16. The van der Waals surface area contributed by atoms with E-state index < -0.39 is 0 Å². The Kier molecular flexibility index (Phi) is 4.58. The van der Waals surface area contributed by atoms with Gasteiger partial charge in [0.1, 0.15) is 5.82 Å². The molecule has 2 rings (SSSR count). The molecule has 3 heteroatoms. The topological polar surface area (TPSA) is 21.3 Å². The summed E-state index contributed by atoms with van der Waals surface area (Å²) in [6, 6.07) is 5.36. The van der Waals surface area contributed by atoms with E-state index in [4.69, 9.17) is 4.74 Å². The van der Waals surface area contributed by atoms with Crippen LogP contribution in [-0.4, -0.2) is 25.3 Å². The van der Waals surface area contributed by atoms with Crippen LogP contribution in [0.5, 0.6) is 0 Å². The molecule has 2 nitrogen and oxygen atoms in total. The molecule has 0 radical (unpaired) electrons. The van der Waals surface area contributed by atoms with Crippen molar-refractivity contribution in [3.63, 3.8) is 0 Å². The number of ether oxygens (including phenoxy) is 1. The van der Waals surface area contributed by atoms with Crippen LogP contribution < -0.4 is 5.32 Å². The van der Waals surface area contributed by atoms with E-state index in [1.165, 1.54) is 12.0 Å². The third-order valence-corrected chi connectivity index (χ3v) is 4.42. The van der Waals surface area contributed by atoms with Crippen molar-refractivity contribution in [1.82, 2.24) is 5.32 Å². The highest BCUT2D eigenvalue weighted by Crippen LogP contribution is 2.39. The number of rotatable bonds is 6. The molecule has 106 valence electrons. The lowest BCUT2D eigenvalue weighted by Crippen LogP contribution is -2.57. The Bertz CT molecular complexity index is 423. The number of benzene rings is 1. The minimum atomic E-state index is -0.161. The first-order chi connectivity index (χ1) is 9.11. The van der Waals surface area contributed by atoms with Crippen LogP contribution >= 0.6 is 0 Å². The third-order valence-electron chi connectivity index (χ3n) is 4.42. The lowest BCUT2D eigenvalue weighted by atomic mass is 9.72. The van der Waals surface area contributed by atoms with Crippen LogP contribution in [-0.2, 0) is 11.2 Å². The van der Waals surface area contributed by atoms with Crippen molar-refractivity contribution in [3.05, 3.63) is 35.1 Å². The normalized spacial score (nSPS) is 18.9. The van der Waals surface area contributed by atoms with Gasteiger partial charge >= 0.3 is 0 Å². The van der Waals surface area contributed by atoms with E-state index in [0.717, 1.165) is 31.4 Å². The van der Waals surface area contributed by atoms with Crippen molar-refractivity contribution >= 4 is 0 Å². The van der Waals surface area contributed by atoms with Gasteiger partial charge in [0.15, 0.2) is 0 Å². The van der Waals surface area contributed by atoms with Gasteiger partial charge in [-0.25, -0.2) is 4.39 Å². The minimum Gasteiger partial charge on any atom is -0.377 e. The summed E-state index contributed by atoms with van der Waals surface area (Å²) in [5, 5.41) is 3.55. The lowest BCUT2D eigenvalue weighted by Gasteiger charge is -2.47. The molecule has 1 saturated carbocycles. The third kappa shape index (κ3) is 2.98. The van der Waals surface area contributed by atoms with Crippen LogP contribution in [0, 0.1) is 12.7 Å². The van der Waals surface area contributed by atoms with E-state index in [1.54, 1.807) is 19.2 Å². The molecule has 1 aliphatic rings. The fraction of sp³-hybridized carbons (Fsp3) is 0.625. The second-order valence-electron chi connectivity index (χ2n) is 5.51. The zero-order valence-electron chi connectivity index (χ0n) is 12.1. The molecule has 0 heterocycles. The molecule has 0 aromatic heterocycles. The van der Waals surface area contributed by atoms with Gasteiger partial charge in [0, 0.05) is 13.2 Å². The van der Waals surface area contributed by atoms with Gasteiger partial charge in [0.05, 0.1) is 5.60 Å². The maximum Gasteiger partial charge on any atom is 0.123 e. The molecule has 1 atom stereocenters. The van der Waals surface area contributed by atoms with Gasteiger partial charge in [-0.3, -0.25) is 0 Å². The van der Waals surface area contributed by atoms with Gasteiger partial charge in [-0.15, -0.1) is 0 Å². The van der Waals surface area contributed by atoms with Gasteiger partial charge in [-0.05, 0) is 62.4 Å². The summed E-state index contributed by atoms with van der Waals surface area (Å²) >= 11 is 0. The largest absolute Gasteiger partial charge is 0.377 e. The van der Waals surface area contributed by atoms with Crippen molar-refractivity contribution in [1.29, 1.82) is 0 Å². The van der Waals surface area contributed by atoms with E-state index in [-0.39, 0.29) is 11.4 Å². The van der Waals surface area contributed by atoms with E-state index in [0.29, 0.717) is 6.04 Å². The summed E-state index contributed by atoms with van der Waals surface area (Å²) in [5.74, 6) is -0.161. The monoisotopic (exact) mass is 265 g/mol. The first kappa shape index (κ1) is 14.5. The highest BCUT2D eigenvalue weighted by molar-refractivity contribution is 5.28. The zero-order valence-corrected chi connectivity index (χ0v) is 12.1. The van der Waals surface area contributed by atoms with Crippen molar-refractivity contribution in [2.24, 2.45) is 0 Å². The Hall–Kier alpha value is -0.930. The average molecular weight is 265 g/mol. The number of hydrogen-bond acceptors (Lipinski definition) is 2. The zero-order chi connectivity index (χ0) is 13.9. The number of likely N-dealkylation sites (N-methyl/N-ethyl adjacent to an activating group) is 1.